The van der Waals surface area contributed by atoms with E-state index in [1.165, 1.54) is 12.1 Å². The van der Waals surface area contributed by atoms with Crippen LogP contribution in [0, 0.1) is 15.5 Å². The van der Waals surface area contributed by atoms with E-state index >= 15 is 0 Å². The summed E-state index contributed by atoms with van der Waals surface area (Å²) in [6.45, 7) is 4.04. The first-order chi connectivity index (χ1) is 15.7. The summed E-state index contributed by atoms with van der Waals surface area (Å²) in [7, 11) is 0. The largest absolute Gasteiger partial charge is 0.294 e. The summed E-state index contributed by atoms with van der Waals surface area (Å²) in [5, 5.41) is 13.5. The third-order valence-electron chi connectivity index (χ3n) is 6.62. The third-order valence-corrected chi connectivity index (χ3v) is 6.62. The van der Waals surface area contributed by atoms with E-state index in [2.05, 4.69) is 6.07 Å². The monoisotopic (exact) mass is 440 g/mol. The van der Waals surface area contributed by atoms with Crippen LogP contribution in [0.5, 0.6) is 0 Å². The molecule has 3 aromatic carbocycles. The van der Waals surface area contributed by atoms with Gasteiger partial charge in [0, 0.05) is 42.2 Å². The summed E-state index contributed by atoms with van der Waals surface area (Å²) in [6, 6.07) is 20.2. The molecule has 6 nitrogen and oxygen atoms in total. The Kier molecular flexibility index (Phi) is 4.89. The van der Waals surface area contributed by atoms with E-state index in [4.69, 9.17) is 0 Å². The van der Waals surface area contributed by atoms with Crippen molar-refractivity contribution in [2.45, 2.75) is 39.0 Å². The predicted molar refractivity (Wildman–Crippen MR) is 127 cm³/mol. The highest BCUT2D eigenvalue weighted by Crippen LogP contribution is 2.48. The van der Waals surface area contributed by atoms with Crippen LogP contribution in [0.4, 0.5) is 11.4 Å². The summed E-state index contributed by atoms with van der Waals surface area (Å²) in [5.74, 6) is -0.434. The summed E-state index contributed by atoms with van der Waals surface area (Å²) in [5.41, 5.74) is 2.33. The SMILES string of the molecule is CC1(C)CC(=O)C2=C(C1)N(c1cccc([N+](=O)[O-])c1)C(=O)CC2c1ccc2ccccc2c1. The topological polar surface area (TPSA) is 80.5 Å². The van der Waals surface area contributed by atoms with Crippen molar-refractivity contribution in [3.05, 3.63) is 93.7 Å². The van der Waals surface area contributed by atoms with Gasteiger partial charge in [-0.2, -0.15) is 0 Å². The Morgan fingerprint density at radius 2 is 1.70 bits per heavy atom. The standard InChI is InChI=1S/C27H24N2O4/c1-27(2)15-23-26(24(30)16-27)22(19-11-10-17-6-3-4-7-18(17)12-19)14-25(31)28(23)20-8-5-9-21(13-20)29(32)33/h3-13,22H,14-16H2,1-2H3. The van der Waals surface area contributed by atoms with Gasteiger partial charge in [0.2, 0.25) is 5.91 Å². The molecule has 33 heavy (non-hydrogen) atoms. The average Bonchev–Trinajstić information content (AvgIpc) is 2.77. The molecule has 6 heteroatoms. The maximum absolute atomic E-state index is 13.5. The summed E-state index contributed by atoms with van der Waals surface area (Å²) in [6.07, 6.45) is 1.10. The number of hydrogen-bond donors (Lipinski definition) is 0. The molecule has 1 heterocycles. The lowest BCUT2D eigenvalue weighted by molar-refractivity contribution is -0.384. The molecule has 0 radical (unpaired) electrons. The molecule has 0 spiro atoms. The quantitative estimate of drug-likeness (QED) is 0.374. The number of Topliss-reactive ketones (excluding diaryl/α,β-unsaturated/α-hetero) is 1. The normalized spacial score (nSPS) is 20.2. The zero-order chi connectivity index (χ0) is 23.3. The van der Waals surface area contributed by atoms with Gasteiger partial charge in [0.05, 0.1) is 10.6 Å². The maximum Gasteiger partial charge on any atom is 0.271 e. The van der Waals surface area contributed by atoms with E-state index in [1.807, 2.05) is 50.2 Å². The van der Waals surface area contributed by atoms with Gasteiger partial charge in [-0.25, -0.2) is 0 Å². The van der Waals surface area contributed by atoms with E-state index in [-0.39, 0.29) is 35.1 Å². The number of rotatable bonds is 3. The van der Waals surface area contributed by atoms with Gasteiger partial charge in [-0.1, -0.05) is 62.4 Å². The van der Waals surface area contributed by atoms with E-state index in [0.717, 1.165) is 16.3 Å². The fourth-order valence-electron chi connectivity index (χ4n) is 5.17. The number of ketones is 1. The van der Waals surface area contributed by atoms with Crippen LogP contribution in [-0.4, -0.2) is 16.6 Å². The summed E-state index contributed by atoms with van der Waals surface area (Å²) in [4.78, 5) is 39.4. The van der Waals surface area contributed by atoms with E-state index in [1.54, 1.807) is 17.0 Å². The first-order valence-electron chi connectivity index (χ1n) is 11.1. The highest BCUT2D eigenvalue weighted by atomic mass is 16.6. The zero-order valence-corrected chi connectivity index (χ0v) is 18.6. The lowest BCUT2D eigenvalue weighted by atomic mass is 9.69. The number of allylic oxidation sites excluding steroid dienone is 2. The number of amides is 1. The molecule has 166 valence electrons. The van der Waals surface area contributed by atoms with Crippen LogP contribution in [0.2, 0.25) is 0 Å². The Morgan fingerprint density at radius 1 is 0.939 bits per heavy atom. The van der Waals surface area contributed by atoms with Gasteiger partial charge in [0.25, 0.3) is 5.69 Å². The minimum atomic E-state index is -0.471. The van der Waals surface area contributed by atoms with Crippen LogP contribution < -0.4 is 4.90 Å². The molecule has 1 amide bonds. The van der Waals surface area contributed by atoms with Crippen LogP contribution >= 0.6 is 0 Å². The van der Waals surface area contributed by atoms with Crippen LogP contribution in [0.25, 0.3) is 10.8 Å². The smallest absolute Gasteiger partial charge is 0.271 e. The Balaban J connectivity index is 1.68. The molecule has 1 aliphatic carbocycles. The molecule has 3 aromatic rings. The van der Waals surface area contributed by atoms with Gasteiger partial charge in [0.1, 0.15) is 0 Å². The third kappa shape index (κ3) is 3.71. The number of benzene rings is 3. The summed E-state index contributed by atoms with van der Waals surface area (Å²) >= 11 is 0. The Bertz CT molecular complexity index is 1350. The predicted octanol–water partition coefficient (Wildman–Crippen LogP) is 5.91. The van der Waals surface area contributed by atoms with Crippen molar-refractivity contribution < 1.29 is 14.5 Å². The molecule has 2 aliphatic rings. The minimum Gasteiger partial charge on any atom is -0.294 e. The van der Waals surface area contributed by atoms with Gasteiger partial charge in [-0.05, 0) is 34.2 Å². The number of fused-ring (bicyclic) bond motifs is 1. The van der Waals surface area contributed by atoms with Gasteiger partial charge in [-0.15, -0.1) is 0 Å². The van der Waals surface area contributed by atoms with Crippen LogP contribution in [-0.2, 0) is 9.59 Å². The highest BCUT2D eigenvalue weighted by molar-refractivity contribution is 6.08. The molecule has 5 rings (SSSR count). The number of carbonyl (C=O) groups excluding carboxylic acids is 2. The van der Waals surface area contributed by atoms with E-state index in [0.29, 0.717) is 29.8 Å². The molecule has 0 aromatic heterocycles. The van der Waals surface area contributed by atoms with Crippen LogP contribution in [0.15, 0.2) is 78.0 Å². The number of carbonyl (C=O) groups is 2. The van der Waals surface area contributed by atoms with Crippen molar-refractivity contribution in [3.63, 3.8) is 0 Å². The number of anilines is 1. The van der Waals surface area contributed by atoms with Crippen LogP contribution in [0.3, 0.4) is 0 Å². The molecule has 0 saturated carbocycles. The van der Waals surface area contributed by atoms with Crippen molar-refractivity contribution in [1.29, 1.82) is 0 Å². The minimum absolute atomic E-state index is 0.0438. The van der Waals surface area contributed by atoms with Crippen molar-refractivity contribution in [2.75, 3.05) is 4.90 Å². The molecule has 1 unspecified atom stereocenters. The highest BCUT2D eigenvalue weighted by Gasteiger charge is 2.44. The molecule has 0 fully saturated rings. The fraction of sp³-hybridized carbons (Fsp3) is 0.259. The molecule has 0 N–H and O–H groups in total. The first-order valence-corrected chi connectivity index (χ1v) is 11.1. The lowest BCUT2D eigenvalue weighted by Gasteiger charge is -2.43. The van der Waals surface area contributed by atoms with Crippen LogP contribution in [0.1, 0.15) is 44.6 Å². The number of nitrogens with zero attached hydrogens (tertiary/aromatic N) is 2. The maximum atomic E-state index is 13.5. The molecule has 0 saturated heterocycles. The zero-order valence-electron chi connectivity index (χ0n) is 18.6. The van der Waals surface area contributed by atoms with Gasteiger partial charge >= 0.3 is 0 Å². The number of non-ortho nitro benzene ring substituents is 1. The van der Waals surface area contributed by atoms with Gasteiger partial charge in [-0.3, -0.25) is 24.6 Å². The number of hydrogen-bond acceptors (Lipinski definition) is 4. The average molecular weight is 440 g/mol. The van der Waals surface area contributed by atoms with Crippen molar-refractivity contribution in [3.8, 4) is 0 Å². The second kappa shape index (κ2) is 7.66. The molecular formula is C27H24N2O4. The second-order valence-corrected chi connectivity index (χ2v) is 9.67. The number of nitro groups is 1. The molecule has 1 atom stereocenters. The van der Waals surface area contributed by atoms with E-state index < -0.39 is 4.92 Å². The second-order valence-electron chi connectivity index (χ2n) is 9.67. The van der Waals surface area contributed by atoms with Crippen molar-refractivity contribution in [2.24, 2.45) is 5.41 Å². The fourth-order valence-corrected chi connectivity index (χ4v) is 5.17. The molecular weight excluding hydrogens is 416 g/mol. The van der Waals surface area contributed by atoms with Crippen molar-refractivity contribution >= 4 is 33.8 Å². The first kappa shape index (κ1) is 21.1. The lowest BCUT2D eigenvalue weighted by Crippen LogP contribution is -2.43. The number of nitro benzene ring substituents is 1. The Labute approximate surface area is 191 Å². The molecule has 1 aliphatic heterocycles. The summed E-state index contributed by atoms with van der Waals surface area (Å²) < 4.78 is 0. The molecule has 0 bridgehead atoms. The van der Waals surface area contributed by atoms with Crippen molar-refractivity contribution in [1.82, 2.24) is 0 Å². The van der Waals surface area contributed by atoms with E-state index in [9.17, 15) is 19.7 Å². The Morgan fingerprint density at radius 3 is 2.45 bits per heavy atom. The Hall–Kier alpha value is -3.80. The van der Waals surface area contributed by atoms with Gasteiger partial charge < -0.3 is 0 Å². The van der Waals surface area contributed by atoms with Gasteiger partial charge in [0.15, 0.2) is 5.78 Å².